The van der Waals surface area contributed by atoms with E-state index in [2.05, 4.69) is 11.1 Å². The first-order chi connectivity index (χ1) is 13.7. The van der Waals surface area contributed by atoms with Gasteiger partial charge >= 0.3 is 0 Å². The Bertz CT molecular complexity index is 1210. The zero-order chi connectivity index (χ0) is 19.1. The van der Waals surface area contributed by atoms with Crippen molar-refractivity contribution in [3.63, 3.8) is 0 Å². The average Bonchev–Trinajstić information content (AvgIpc) is 3.36. The van der Waals surface area contributed by atoms with Crippen molar-refractivity contribution < 1.29 is 4.79 Å². The molecule has 1 aliphatic heterocycles. The number of aromatic nitrogens is 3. The molecule has 2 aromatic heterocycles. The van der Waals surface area contributed by atoms with E-state index in [1.54, 1.807) is 11.3 Å². The van der Waals surface area contributed by atoms with Crippen LogP contribution in [-0.4, -0.2) is 31.9 Å². The minimum absolute atomic E-state index is 0.0171. The monoisotopic (exact) mass is 390 g/mol. The van der Waals surface area contributed by atoms with Crippen molar-refractivity contribution in [3.05, 3.63) is 70.1 Å². The van der Waals surface area contributed by atoms with Crippen molar-refractivity contribution in [2.45, 2.75) is 25.4 Å². The largest absolute Gasteiger partial charge is 0.332 e. The maximum atomic E-state index is 13.1. The predicted octanol–water partition coefficient (Wildman–Crippen LogP) is 3.37. The molecule has 0 saturated carbocycles. The van der Waals surface area contributed by atoms with Gasteiger partial charge in [0, 0.05) is 6.54 Å². The standard InChI is InChI=1S/C21H18N4O2S/c26-19-12-22-14-6-1-3-8-16(14)25(19)13-20(27)24-11-5-9-17(24)21-23-15-7-2-4-10-18(15)28-21/h1-4,6-8,10,12,17H,5,9,11,13H2. The van der Waals surface area contributed by atoms with Crippen LogP contribution in [0.15, 0.2) is 59.5 Å². The number of para-hydroxylation sites is 3. The number of nitrogens with zero attached hydrogens (tertiary/aromatic N) is 4. The first-order valence-electron chi connectivity index (χ1n) is 9.30. The summed E-state index contributed by atoms with van der Waals surface area (Å²) >= 11 is 1.64. The maximum absolute atomic E-state index is 13.1. The van der Waals surface area contributed by atoms with Crippen LogP contribution in [-0.2, 0) is 11.3 Å². The highest BCUT2D eigenvalue weighted by atomic mass is 32.1. The van der Waals surface area contributed by atoms with Crippen LogP contribution < -0.4 is 5.56 Å². The summed E-state index contributed by atoms with van der Waals surface area (Å²) in [5.41, 5.74) is 2.10. The third-order valence-electron chi connectivity index (χ3n) is 5.21. The van der Waals surface area contributed by atoms with Gasteiger partial charge in [0.1, 0.15) is 11.6 Å². The maximum Gasteiger partial charge on any atom is 0.269 e. The second-order valence-electron chi connectivity index (χ2n) is 6.94. The third kappa shape index (κ3) is 2.88. The molecule has 0 radical (unpaired) electrons. The van der Waals surface area contributed by atoms with Gasteiger partial charge in [-0.2, -0.15) is 0 Å². The van der Waals surface area contributed by atoms with E-state index in [9.17, 15) is 9.59 Å². The number of likely N-dealkylation sites (tertiary alicyclic amines) is 1. The van der Waals surface area contributed by atoms with E-state index in [-0.39, 0.29) is 24.1 Å². The molecule has 0 bridgehead atoms. The number of fused-ring (bicyclic) bond motifs is 2. The molecule has 1 fully saturated rings. The topological polar surface area (TPSA) is 68.1 Å². The lowest BCUT2D eigenvalue weighted by Gasteiger charge is -2.23. The van der Waals surface area contributed by atoms with E-state index in [1.165, 1.54) is 10.8 Å². The number of rotatable bonds is 3. The normalized spacial score (nSPS) is 16.9. The smallest absolute Gasteiger partial charge is 0.269 e. The molecule has 140 valence electrons. The van der Waals surface area contributed by atoms with Gasteiger partial charge in [-0.1, -0.05) is 24.3 Å². The molecule has 1 saturated heterocycles. The van der Waals surface area contributed by atoms with E-state index in [4.69, 9.17) is 4.98 Å². The Morgan fingerprint density at radius 2 is 1.89 bits per heavy atom. The zero-order valence-electron chi connectivity index (χ0n) is 15.1. The van der Waals surface area contributed by atoms with Crippen molar-refractivity contribution in [1.29, 1.82) is 0 Å². The number of benzene rings is 2. The lowest BCUT2D eigenvalue weighted by Crippen LogP contribution is -2.36. The van der Waals surface area contributed by atoms with E-state index >= 15 is 0 Å². The van der Waals surface area contributed by atoms with Gasteiger partial charge in [0.25, 0.3) is 5.56 Å². The van der Waals surface area contributed by atoms with E-state index in [0.717, 1.165) is 28.1 Å². The molecule has 6 nitrogen and oxygen atoms in total. The van der Waals surface area contributed by atoms with Crippen LogP contribution in [0.1, 0.15) is 23.9 Å². The fourth-order valence-electron chi connectivity index (χ4n) is 3.86. The Morgan fingerprint density at radius 3 is 2.75 bits per heavy atom. The number of hydrogen-bond acceptors (Lipinski definition) is 5. The molecule has 5 rings (SSSR count). The van der Waals surface area contributed by atoms with E-state index < -0.39 is 0 Å². The van der Waals surface area contributed by atoms with Crippen molar-refractivity contribution in [1.82, 2.24) is 19.4 Å². The van der Waals surface area contributed by atoms with Crippen LogP contribution in [0, 0.1) is 0 Å². The summed E-state index contributed by atoms with van der Waals surface area (Å²) in [6.07, 6.45) is 3.13. The van der Waals surface area contributed by atoms with Gasteiger partial charge < -0.3 is 4.90 Å². The summed E-state index contributed by atoms with van der Waals surface area (Å²) in [6, 6.07) is 15.4. The summed E-state index contributed by atoms with van der Waals surface area (Å²) in [5, 5.41) is 0.971. The minimum atomic E-state index is -0.261. The van der Waals surface area contributed by atoms with Crippen molar-refractivity contribution in [3.8, 4) is 0 Å². The Morgan fingerprint density at radius 1 is 1.11 bits per heavy atom. The summed E-state index contributed by atoms with van der Waals surface area (Å²) < 4.78 is 2.64. The van der Waals surface area contributed by atoms with Gasteiger partial charge in [0.15, 0.2) is 0 Å². The second kappa shape index (κ2) is 6.83. The molecular weight excluding hydrogens is 372 g/mol. The molecule has 3 heterocycles. The van der Waals surface area contributed by atoms with Gasteiger partial charge in [-0.3, -0.25) is 14.2 Å². The Hall–Kier alpha value is -3.06. The minimum Gasteiger partial charge on any atom is -0.332 e. The molecule has 1 atom stereocenters. The number of carbonyl (C=O) groups excluding carboxylic acids is 1. The third-order valence-corrected chi connectivity index (χ3v) is 6.35. The predicted molar refractivity (Wildman–Crippen MR) is 109 cm³/mol. The Labute approximate surface area is 165 Å². The van der Waals surface area contributed by atoms with Crippen LogP contribution in [0.4, 0.5) is 0 Å². The molecule has 1 aliphatic rings. The van der Waals surface area contributed by atoms with Crippen LogP contribution in [0.25, 0.3) is 21.3 Å². The highest BCUT2D eigenvalue weighted by Crippen LogP contribution is 2.36. The molecule has 0 spiro atoms. The van der Waals surface area contributed by atoms with Crippen molar-refractivity contribution in [2.24, 2.45) is 0 Å². The van der Waals surface area contributed by atoms with E-state index in [0.29, 0.717) is 17.6 Å². The van der Waals surface area contributed by atoms with Crippen LogP contribution in [0.5, 0.6) is 0 Å². The first-order valence-corrected chi connectivity index (χ1v) is 10.1. The lowest BCUT2D eigenvalue weighted by molar-refractivity contribution is -0.132. The quantitative estimate of drug-likeness (QED) is 0.538. The van der Waals surface area contributed by atoms with Gasteiger partial charge in [-0.25, -0.2) is 9.97 Å². The first kappa shape index (κ1) is 17.1. The molecule has 1 amide bonds. The highest BCUT2D eigenvalue weighted by molar-refractivity contribution is 7.18. The summed E-state index contributed by atoms with van der Waals surface area (Å²) in [5.74, 6) is -0.0554. The van der Waals surface area contributed by atoms with Gasteiger partial charge in [0.2, 0.25) is 5.91 Å². The number of amides is 1. The average molecular weight is 390 g/mol. The second-order valence-corrected chi connectivity index (χ2v) is 8.00. The molecule has 2 aromatic carbocycles. The molecular formula is C21H18N4O2S. The van der Waals surface area contributed by atoms with Gasteiger partial charge in [-0.05, 0) is 37.1 Å². The molecule has 0 aliphatic carbocycles. The Balaban J connectivity index is 1.46. The van der Waals surface area contributed by atoms with Crippen molar-refractivity contribution >= 4 is 38.5 Å². The summed E-state index contributed by atoms with van der Waals surface area (Å²) in [6.45, 7) is 0.709. The van der Waals surface area contributed by atoms with Gasteiger partial charge in [0.05, 0.1) is 33.5 Å². The lowest BCUT2D eigenvalue weighted by atomic mass is 10.2. The van der Waals surface area contributed by atoms with Crippen molar-refractivity contribution in [2.75, 3.05) is 6.54 Å². The number of hydrogen-bond donors (Lipinski definition) is 0. The zero-order valence-corrected chi connectivity index (χ0v) is 15.9. The molecule has 4 aromatic rings. The van der Waals surface area contributed by atoms with Gasteiger partial charge in [-0.15, -0.1) is 11.3 Å². The number of carbonyl (C=O) groups is 1. The molecule has 28 heavy (non-hydrogen) atoms. The Kier molecular flexibility index (Phi) is 4.16. The van der Waals surface area contributed by atoms with Crippen LogP contribution in [0.3, 0.4) is 0 Å². The van der Waals surface area contributed by atoms with E-state index in [1.807, 2.05) is 47.4 Å². The SMILES string of the molecule is O=C(Cn1c(=O)cnc2ccccc21)N1CCCC1c1nc2ccccc2s1. The fourth-order valence-corrected chi connectivity index (χ4v) is 4.97. The fraction of sp³-hybridized carbons (Fsp3) is 0.238. The molecule has 0 N–H and O–H groups in total. The van der Waals surface area contributed by atoms with Crippen LogP contribution >= 0.6 is 11.3 Å². The molecule has 7 heteroatoms. The summed E-state index contributed by atoms with van der Waals surface area (Å²) in [7, 11) is 0. The highest BCUT2D eigenvalue weighted by Gasteiger charge is 2.32. The van der Waals surface area contributed by atoms with Crippen LogP contribution in [0.2, 0.25) is 0 Å². The number of thiazole rings is 1. The summed E-state index contributed by atoms with van der Waals surface area (Å²) in [4.78, 5) is 36.3. The molecule has 1 unspecified atom stereocenters.